The lowest BCUT2D eigenvalue weighted by Crippen LogP contribution is -2.30. The van der Waals surface area contributed by atoms with Crippen LogP contribution < -0.4 is 20.1 Å². The van der Waals surface area contributed by atoms with Gasteiger partial charge in [0.05, 0.1) is 23.9 Å². The average Bonchev–Trinajstić information content (AvgIpc) is 2.91. The van der Waals surface area contributed by atoms with E-state index in [0.29, 0.717) is 11.3 Å². The van der Waals surface area contributed by atoms with Crippen molar-refractivity contribution in [2.75, 3.05) is 24.4 Å². The number of methoxy groups -OCH3 is 1. The molecule has 0 unspecified atom stereocenters. The van der Waals surface area contributed by atoms with E-state index in [2.05, 4.69) is 10.6 Å². The molecule has 0 fully saturated rings. The van der Waals surface area contributed by atoms with Gasteiger partial charge < -0.3 is 24.8 Å². The van der Waals surface area contributed by atoms with Gasteiger partial charge in [0.2, 0.25) is 0 Å². The van der Waals surface area contributed by atoms with Crippen molar-refractivity contribution in [3.8, 4) is 11.5 Å². The number of carbonyl (C=O) groups excluding carboxylic acids is 4. The highest BCUT2D eigenvalue weighted by Crippen LogP contribution is 2.34. The van der Waals surface area contributed by atoms with Crippen molar-refractivity contribution < 1.29 is 46.6 Å². The molecule has 3 aromatic rings. The fraction of sp³-hybridized carbons (Fsp3) is 0.214. The molecule has 0 aliphatic heterocycles. The van der Waals surface area contributed by atoms with Crippen molar-refractivity contribution in [2.45, 2.75) is 26.1 Å². The Kier molecular flexibility index (Phi) is 9.49. The number of amides is 2. The van der Waals surface area contributed by atoms with Crippen LogP contribution in [0.3, 0.4) is 0 Å². The molecule has 210 valence electrons. The first kappa shape index (κ1) is 29.7. The Bertz CT molecular complexity index is 1420. The summed E-state index contributed by atoms with van der Waals surface area (Å²) in [6.07, 6.45) is -5.85. The quantitative estimate of drug-likeness (QED) is 0.262. The maximum Gasteiger partial charge on any atom is 0.418 e. The largest absolute Gasteiger partial charge is 0.493 e. The highest BCUT2D eigenvalue weighted by molar-refractivity contribution is 5.99. The summed E-state index contributed by atoms with van der Waals surface area (Å²) >= 11 is 0. The van der Waals surface area contributed by atoms with Gasteiger partial charge in [-0.2, -0.15) is 13.2 Å². The van der Waals surface area contributed by atoms with Gasteiger partial charge in [-0.25, -0.2) is 4.79 Å². The van der Waals surface area contributed by atoms with E-state index in [-0.39, 0.29) is 22.8 Å². The molecule has 3 rings (SSSR count). The summed E-state index contributed by atoms with van der Waals surface area (Å²) in [5.74, 6) is -2.43. The molecule has 9 nitrogen and oxygen atoms in total. The van der Waals surface area contributed by atoms with Crippen LogP contribution >= 0.6 is 0 Å². The maximum atomic E-state index is 13.1. The zero-order valence-corrected chi connectivity index (χ0v) is 21.6. The van der Waals surface area contributed by atoms with Crippen molar-refractivity contribution in [2.24, 2.45) is 0 Å². The van der Waals surface area contributed by atoms with E-state index in [1.165, 1.54) is 57.4 Å². The van der Waals surface area contributed by atoms with E-state index in [1.807, 2.05) is 0 Å². The number of halogens is 3. The molecule has 1 atom stereocenters. The number of para-hydroxylation sites is 1. The van der Waals surface area contributed by atoms with Crippen LogP contribution in [0.2, 0.25) is 0 Å². The summed E-state index contributed by atoms with van der Waals surface area (Å²) in [7, 11) is 1.28. The summed E-state index contributed by atoms with van der Waals surface area (Å²) < 4.78 is 55.2. The van der Waals surface area contributed by atoms with Gasteiger partial charge >= 0.3 is 12.1 Å². The normalized spacial score (nSPS) is 11.7. The summed E-state index contributed by atoms with van der Waals surface area (Å²) in [6.45, 7) is 2.11. The number of anilines is 2. The fourth-order valence-corrected chi connectivity index (χ4v) is 3.42. The van der Waals surface area contributed by atoms with Crippen molar-refractivity contribution in [3.63, 3.8) is 0 Å². The van der Waals surface area contributed by atoms with E-state index >= 15 is 0 Å². The number of benzene rings is 3. The lowest BCUT2D eigenvalue weighted by atomic mass is 10.1. The van der Waals surface area contributed by atoms with E-state index in [9.17, 15) is 32.3 Å². The van der Waals surface area contributed by atoms with Gasteiger partial charge in [-0.05, 0) is 56.3 Å². The first-order chi connectivity index (χ1) is 18.9. The van der Waals surface area contributed by atoms with Crippen LogP contribution in [0.15, 0.2) is 66.7 Å². The number of esters is 1. The topological polar surface area (TPSA) is 120 Å². The minimum absolute atomic E-state index is 0.00554. The Balaban J connectivity index is 1.60. The van der Waals surface area contributed by atoms with Crippen molar-refractivity contribution in [1.29, 1.82) is 0 Å². The Morgan fingerprint density at radius 1 is 0.875 bits per heavy atom. The molecular weight excluding hydrogens is 533 g/mol. The highest BCUT2D eigenvalue weighted by atomic mass is 19.4. The second-order valence-corrected chi connectivity index (χ2v) is 8.42. The molecular formula is C28H25F3N2O7. The standard InChI is InChI=1S/C28H25F3N2O7/c1-16(34)18-7-6-8-20(13-18)32-26(36)17(2)40-27(37)19-11-12-23(24(14-19)38-3)39-15-25(35)33-22-10-5-4-9-21(22)28(29,30)31/h4-14,17H,15H2,1-3H3,(H,32,36)(H,33,35)/t17-/m0/s1. The number of ether oxygens (including phenoxy) is 3. The molecule has 40 heavy (non-hydrogen) atoms. The van der Waals surface area contributed by atoms with E-state index < -0.39 is 47.9 Å². The van der Waals surface area contributed by atoms with Crippen LogP contribution in [0.1, 0.15) is 40.1 Å². The number of hydrogen-bond donors (Lipinski definition) is 2. The predicted octanol–water partition coefficient (Wildman–Crippen LogP) is 5.12. The molecule has 0 bridgehead atoms. The van der Waals surface area contributed by atoms with Gasteiger partial charge in [-0.15, -0.1) is 0 Å². The molecule has 0 spiro atoms. The molecule has 3 aromatic carbocycles. The van der Waals surface area contributed by atoms with Crippen LogP contribution in [0, 0.1) is 0 Å². The lowest BCUT2D eigenvalue weighted by molar-refractivity contribution is -0.137. The molecule has 0 saturated heterocycles. The van der Waals surface area contributed by atoms with E-state index in [4.69, 9.17) is 14.2 Å². The monoisotopic (exact) mass is 558 g/mol. The third-order valence-corrected chi connectivity index (χ3v) is 5.45. The number of rotatable bonds is 10. The molecule has 0 radical (unpaired) electrons. The Morgan fingerprint density at radius 2 is 1.60 bits per heavy atom. The van der Waals surface area contributed by atoms with Crippen LogP contribution in [0.25, 0.3) is 0 Å². The molecule has 0 saturated carbocycles. The van der Waals surface area contributed by atoms with Crippen molar-refractivity contribution >= 4 is 34.9 Å². The van der Waals surface area contributed by atoms with Crippen molar-refractivity contribution in [1.82, 2.24) is 0 Å². The Labute approximate surface area is 227 Å². The highest BCUT2D eigenvalue weighted by Gasteiger charge is 2.33. The molecule has 2 amide bonds. The first-order valence-corrected chi connectivity index (χ1v) is 11.8. The van der Waals surface area contributed by atoms with Gasteiger partial charge in [0.25, 0.3) is 11.8 Å². The Morgan fingerprint density at radius 3 is 2.27 bits per heavy atom. The summed E-state index contributed by atoms with van der Waals surface area (Å²) in [4.78, 5) is 48.9. The number of Topliss-reactive ketones (excluding diaryl/α,β-unsaturated/α-hetero) is 1. The number of hydrogen-bond acceptors (Lipinski definition) is 7. The molecule has 0 aliphatic rings. The average molecular weight is 559 g/mol. The van der Waals surface area contributed by atoms with E-state index in [1.54, 1.807) is 18.2 Å². The van der Waals surface area contributed by atoms with Crippen LogP contribution in [0.4, 0.5) is 24.5 Å². The molecule has 2 N–H and O–H groups in total. The summed E-state index contributed by atoms with van der Waals surface area (Å²) in [6, 6.07) is 14.7. The SMILES string of the molecule is COc1cc(C(=O)O[C@@H](C)C(=O)Nc2cccc(C(C)=O)c2)ccc1OCC(=O)Nc1ccccc1C(F)(F)F. The van der Waals surface area contributed by atoms with Gasteiger partial charge in [0.1, 0.15) is 0 Å². The lowest BCUT2D eigenvalue weighted by Gasteiger charge is -2.16. The van der Waals surface area contributed by atoms with Crippen molar-refractivity contribution in [3.05, 3.63) is 83.4 Å². The van der Waals surface area contributed by atoms with Gasteiger partial charge in [0.15, 0.2) is 30.0 Å². The van der Waals surface area contributed by atoms with Gasteiger partial charge in [-0.1, -0.05) is 24.3 Å². The summed E-state index contributed by atoms with van der Waals surface area (Å²) in [5, 5.41) is 4.73. The van der Waals surface area contributed by atoms with Crippen LogP contribution in [-0.4, -0.2) is 43.4 Å². The van der Waals surface area contributed by atoms with E-state index in [0.717, 1.165) is 12.1 Å². The van der Waals surface area contributed by atoms with Gasteiger partial charge in [0, 0.05) is 11.3 Å². The third kappa shape index (κ3) is 7.82. The second-order valence-electron chi connectivity index (χ2n) is 8.42. The molecule has 0 aliphatic carbocycles. The minimum atomic E-state index is -4.66. The number of ketones is 1. The number of carbonyl (C=O) groups is 4. The number of alkyl halides is 3. The smallest absolute Gasteiger partial charge is 0.418 e. The molecule has 0 aromatic heterocycles. The number of nitrogens with one attached hydrogen (secondary N) is 2. The predicted molar refractivity (Wildman–Crippen MR) is 139 cm³/mol. The molecule has 12 heteroatoms. The molecule has 0 heterocycles. The Hall–Kier alpha value is -4.87. The maximum absolute atomic E-state index is 13.1. The minimum Gasteiger partial charge on any atom is -0.493 e. The van der Waals surface area contributed by atoms with Crippen LogP contribution in [0.5, 0.6) is 11.5 Å². The van der Waals surface area contributed by atoms with Gasteiger partial charge in [-0.3, -0.25) is 14.4 Å². The third-order valence-electron chi connectivity index (χ3n) is 5.45. The zero-order valence-electron chi connectivity index (χ0n) is 21.6. The first-order valence-electron chi connectivity index (χ1n) is 11.8. The second kappa shape index (κ2) is 12.8. The van der Waals surface area contributed by atoms with Crippen LogP contribution in [-0.2, 0) is 20.5 Å². The zero-order chi connectivity index (χ0) is 29.4. The summed E-state index contributed by atoms with van der Waals surface area (Å²) in [5.41, 5.74) is -0.657. The fourth-order valence-electron chi connectivity index (χ4n) is 3.42.